The summed E-state index contributed by atoms with van der Waals surface area (Å²) in [6.45, 7) is 3.21. The number of rotatable bonds is 7. The summed E-state index contributed by atoms with van der Waals surface area (Å²) in [6.07, 6.45) is 3.98. The molecule has 2 heterocycles. The molecule has 0 saturated carbocycles. The SMILES string of the molecule is CCc1cccc(OCC(=O)Nc2ccc3c(c2)N(CC(=O)N2CCCCC2)C(=O)CO3)c1. The first-order valence-corrected chi connectivity index (χ1v) is 11.4. The Bertz CT molecular complexity index is 1030. The zero-order valence-corrected chi connectivity index (χ0v) is 18.8. The Labute approximate surface area is 193 Å². The van der Waals surface area contributed by atoms with E-state index in [4.69, 9.17) is 9.47 Å². The van der Waals surface area contributed by atoms with Crippen LogP contribution in [0.4, 0.5) is 11.4 Å². The van der Waals surface area contributed by atoms with Gasteiger partial charge in [-0.2, -0.15) is 0 Å². The highest BCUT2D eigenvalue weighted by molar-refractivity contribution is 6.03. The molecule has 2 aromatic carbocycles. The Kier molecular flexibility index (Phi) is 7.12. The molecule has 4 rings (SSSR count). The summed E-state index contributed by atoms with van der Waals surface area (Å²) in [5.74, 6) is 0.461. The second-order valence-electron chi connectivity index (χ2n) is 8.23. The van der Waals surface area contributed by atoms with Crippen molar-refractivity contribution in [2.75, 3.05) is 43.1 Å². The van der Waals surface area contributed by atoms with Gasteiger partial charge in [-0.1, -0.05) is 19.1 Å². The minimum atomic E-state index is -0.323. The van der Waals surface area contributed by atoms with E-state index < -0.39 is 0 Å². The largest absolute Gasteiger partial charge is 0.484 e. The van der Waals surface area contributed by atoms with E-state index in [1.807, 2.05) is 29.2 Å². The topological polar surface area (TPSA) is 88.2 Å². The molecule has 3 amide bonds. The van der Waals surface area contributed by atoms with Crippen LogP contribution in [0.2, 0.25) is 0 Å². The van der Waals surface area contributed by atoms with Gasteiger partial charge in [-0.15, -0.1) is 0 Å². The van der Waals surface area contributed by atoms with Crippen LogP contribution in [0.15, 0.2) is 42.5 Å². The van der Waals surface area contributed by atoms with Gasteiger partial charge in [0, 0.05) is 18.8 Å². The van der Waals surface area contributed by atoms with Crippen LogP contribution in [0.5, 0.6) is 11.5 Å². The molecule has 2 aliphatic rings. The van der Waals surface area contributed by atoms with Crippen LogP contribution in [0.1, 0.15) is 31.7 Å². The first-order valence-electron chi connectivity index (χ1n) is 11.4. The lowest BCUT2D eigenvalue weighted by Gasteiger charge is -2.33. The number of nitrogens with zero attached hydrogens (tertiary/aromatic N) is 2. The first-order chi connectivity index (χ1) is 16.0. The zero-order valence-electron chi connectivity index (χ0n) is 18.8. The summed E-state index contributed by atoms with van der Waals surface area (Å²) < 4.78 is 11.1. The summed E-state index contributed by atoms with van der Waals surface area (Å²) in [6, 6.07) is 12.7. The molecule has 174 valence electrons. The van der Waals surface area contributed by atoms with Crippen molar-refractivity contribution in [3.05, 3.63) is 48.0 Å². The molecule has 0 unspecified atom stereocenters. The summed E-state index contributed by atoms with van der Waals surface area (Å²) >= 11 is 0. The molecular weight excluding hydrogens is 422 g/mol. The summed E-state index contributed by atoms with van der Waals surface area (Å²) in [5, 5.41) is 2.79. The summed E-state index contributed by atoms with van der Waals surface area (Å²) in [4.78, 5) is 41.0. The van der Waals surface area contributed by atoms with E-state index in [1.54, 1.807) is 18.2 Å². The molecule has 0 bridgehead atoms. The molecule has 1 N–H and O–H groups in total. The maximum absolute atomic E-state index is 12.8. The number of hydrogen-bond donors (Lipinski definition) is 1. The fourth-order valence-corrected chi connectivity index (χ4v) is 4.03. The molecule has 2 aliphatic heterocycles. The van der Waals surface area contributed by atoms with E-state index in [0.717, 1.165) is 44.3 Å². The van der Waals surface area contributed by atoms with Crippen molar-refractivity contribution in [1.29, 1.82) is 0 Å². The van der Waals surface area contributed by atoms with Gasteiger partial charge in [-0.25, -0.2) is 0 Å². The molecule has 8 heteroatoms. The predicted octanol–water partition coefficient (Wildman–Crippen LogP) is 3.00. The molecule has 8 nitrogen and oxygen atoms in total. The maximum Gasteiger partial charge on any atom is 0.265 e. The van der Waals surface area contributed by atoms with E-state index >= 15 is 0 Å². The zero-order chi connectivity index (χ0) is 23.2. The molecule has 0 atom stereocenters. The Morgan fingerprint density at radius 1 is 1.09 bits per heavy atom. The van der Waals surface area contributed by atoms with Crippen molar-refractivity contribution in [2.24, 2.45) is 0 Å². The summed E-state index contributed by atoms with van der Waals surface area (Å²) in [7, 11) is 0. The number of likely N-dealkylation sites (tertiary alicyclic amines) is 1. The highest BCUT2D eigenvalue weighted by Gasteiger charge is 2.29. The quantitative estimate of drug-likeness (QED) is 0.699. The van der Waals surface area contributed by atoms with Crippen LogP contribution in [-0.4, -0.2) is 55.5 Å². The minimum Gasteiger partial charge on any atom is -0.484 e. The highest BCUT2D eigenvalue weighted by Crippen LogP contribution is 2.34. The lowest BCUT2D eigenvalue weighted by atomic mass is 10.1. The Balaban J connectivity index is 1.41. The molecule has 0 aromatic heterocycles. The van der Waals surface area contributed by atoms with Crippen molar-refractivity contribution in [1.82, 2.24) is 4.90 Å². The lowest BCUT2D eigenvalue weighted by Crippen LogP contribution is -2.47. The van der Waals surface area contributed by atoms with Gasteiger partial charge in [0.15, 0.2) is 13.2 Å². The third-order valence-corrected chi connectivity index (χ3v) is 5.86. The van der Waals surface area contributed by atoms with Crippen LogP contribution in [0.3, 0.4) is 0 Å². The fourth-order valence-electron chi connectivity index (χ4n) is 4.03. The molecule has 0 radical (unpaired) electrons. The van der Waals surface area contributed by atoms with Crippen molar-refractivity contribution < 1.29 is 23.9 Å². The number of carbonyl (C=O) groups is 3. The fraction of sp³-hybridized carbons (Fsp3) is 0.400. The van der Waals surface area contributed by atoms with Gasteiger partial charge in [0.1, 0.15) is 18.0 Å². The van der Waals surface area contributed by atoms with E-state index in [9.17, 15) is 14.4 Å². The number of fused-ring (bicyclic) bond motifs is 1. The first kappa shape index (κ1) is 22.6. The standard InChI is InChI=1S/C25H29N3O5/c1-2-18-7-6-8-20(13-18)32-16-23(29)26-19-9-10-22-21(14-19)28(25(31)17-33-22)15-24(30)27-11-4-3-5-12-27/h6-10,13-14H,2-5,11-12,15-17H2,1H3,(H,26,29). The average molecular weight is 452 g/mol. The number of piperidine rings is 1. The monoisotopic (exact) mass is 451 g/mol. The minimum absolute atomic E-state index is 0.0382. The van der Waals surface area contributed by atoms with Gasteiger partial charge < -0.3 is 19.7 Å². The molecule has 33 heavy (non-hydrogen) atoms. The second kappa shape index (κ2) is 10.4. The predicted molar refractivity (Wildman–Crippen MR) is 125 cm³/mol. The van der Waals surface area contributed by atoms with Crippen LogP contribution in [0.25, 0.3) is 0 Å². The van der Waals surface area contributed by atoms with Crippen LogP contribution in [0, 0.1) is 0 Å². The van der Waals surface area contributed by atoms with Gasteiger partial charge in [-0.3, -0.25) is 19.3 Å². The number of nitrogens with one attached hydrogen (secondary N) is 1. The van der Waals surface area contributed by atoms with E-state index in [2.05, 4.69) is 12.2 Å². The molecule has 1 fully saturated rings. The highest BCUT2D eigenvalue weighted by atomic mass is 16.5. The Morgan fingerprint density at radius 3 is 2.70 bits per heavy atom. The third-order valence-electron chi connectivity index (χ3n) is 5.86. The van der Waals surface area contributed by atoms with E-state index in [1.165, 1.54) is 4.90 Å². The van der Waals surface area contributed by atoms with Crippen molar-refractivity contribution in [3.8, 4) is 11.5 Å². The number of carbonyl (C=O) groups excluding carboxylic acids is 3. The normalized spacial score (nSPS) is 15.5. The molecule has 1 saturated heterocycles. The smallest absolute Gasteiger partial charge is 0.265 e. The summed E-state index contributed by atoms with van der Waals surface area (Å²) in [5.41, 5.74) is 2.11. The maximum atomic E-state index is 12.8. The third kappa shape index (κ3) is 5.63. The molecule has 2 aromatic rings. The average Bonchev–Trinajstić information content (AvgIpc) is 2.85. The molecule has 0 aliphatic carbocycles. The number of amides is 3. The van der Waals surface area contributed by atoms with Gasteiger partial charge in [0.2, 0.25) is 5.91 Å². The van der Waals surface area contributed by atoms with E-state index in [0.29, 0.717) is 22.9 Å². The van der Waals surface area contributed by atoms with Crippen molar-refractivity contribution >= 4 is 29.1 Å². The molecular formula is C25H29N3O5. The number of hydrogen-bond acceptors (Lipinski definition) is 5. The number of benzene rings is 2. The molecule has 0 spiro atoms. The van der Waals surface area contributed by atoms with Gasteiger partial charge >= 0.3 is 0 Å². The number of anilines is 2. The van der Waals surface area contributed by atoms with Crippen molar-refractivity contribution in [3.63, 3.8) is 0 Å². The van der Waals surface area contributed by atoms with Gasteiger partial charge in [-0.05, 0) is 61.6 Å². The Morgan fingerprint density at radius 2 is 1.91 bits per heavy atom. The van der Waals surface area contributed by atoms with Crippen LogP contribution < -0.4 is 19.7 Å². The van der Waals surface area contributed by atoms with Crippen molar-refractivity contribution in [2.45, 2.75) is 32.6 Å². The number of ether oxygens (including phenoxy) is 2. The van der Waals surface area contributed by atoms with Gasteiger partial charge in [0.25, 0.3) is 11.8 Å². The second-order valence-corrected chi connectivity index (χ2v) is 8.23. The van der Waals surface area contributed by atoms with E-state index in [-0.39, 0.29) is 37.5 Å². The Hall–Kier alpha value is -3.55. The van der Waals surface area contributed by atoms with Crippen LogP contribution >= 0.6 is 0 Å². The van der Waals surface area contributed by atoms with Crippen LogP contribution in [-0.2, 0) is 20.8 Å². The lowest BCUT2D eigenvalue weighted by molar-refractivity contribution is -0.132. The number of aryl methyl sites for hydroxylation is 1. The van der Waals surface area contributed by atoms with Gasteiger partial charge in [0.05, 0.1) is 5.69 Å².